The van der Waals surface area contributed by atoms with Gasteiger partial charge in [-0.3, -0.25) is 0 Å². The van der Waals surface area contributed by atoms with Crippen molar-refractivity contribution in [1.29, 1.82) is 0 Å². The number of tetrazole rings is 1. The highest BCUT2D eigenvalue weighted by Gasteiger charge is 2.03. The van der Waals surface area contributed by atoms with E-state index in [2.05, 4.69) is 28.2 Å². The van der Waals surface area contributed by atoms with Crippen molar-refractivity contribution in [1.82, 2.24) is 20.2 Å². The van der Waals surface area contributed by atoms with Gasteiger partial charge in [-0.2, -0.15) is 4.68 Å². The fraction of sp³-hybridized carbons (Fsp3) is 0.222. The van der Waals surface area contributed by atoms with Crippen molar-refractivity contribution >= 4 is 12.6 Å². The van der Waals surface area contributed by atoms with E-state index in [0.29, 0.717) is 11.6 Å². The molecule has 6 heteroatoms. The van der Waals surface area contributed by atoms with Crippen LogP contribution >= 0.6 is 12.6 Å². The molecule has 0 atom stereocenters. The summed E-state index contributed by atoms with van der Waals surface area (Å²) in [5.74, 6) is 0. The number of aliphatic hydroxyl groups excluding tert-OH is 1. The summed E-state index contributed by atoms with van der Waals surface area (Å²) in [7, 11) is 0. The van der Waals surface area contributed by atoms with Gasteiger partial charge < -0.3 is 5.11 Å². The molecule has 1 aromatic heterocycles. The van der Waals surface area contributed by atoms with E-state index in [9.17, 15) is 0 Å². The summed E-state index contributed by atoms with van der Waals surface area (Å²) in [6.45, 7) is 0.155. The topological polar surface area (TPSA) is 63.8 Å². The second-order valence-corrected chi connectivity index (χ2v) is 3.43. The molecule has 0 saturated carbocycles. The lowest BCUT2D eigenvalue weighted by atomic mass is 10.1. The molecule has 0 bridgehead atoms. The van der Waals surface area contributed by atoms with Crippen LogP contribution < -0.4 is 0 Å². The summed E-state index contributed by atoms with van der Waals surface area (Å²) in [5, 5.41) is 20.2. The number of hydrogen-bond donors (Lipinski definition) is 2. The molecular formula is C9H10N4OS. The molecule has 1 heterocycles. The predicted molar refractivity (Wildman–Crippen MR) is 57.2 cm³/mol. The van der Waals surface area contributed by atoms with Crippen LogP contribution in [-0.2, 0) is 6.42 Å². The Balaban J connectivity index is 2.28. The molecule has 5 nitrogen and oxygen atoms in total. The Morgan fingerprint density at radius 3 is 2.53 bits per heavy atom. The zero-order valence-corrected chi connectivity index (χ0v) is 8.80. The summed E-state index contributed by atoms with van der Waals surface area (Å²) >= 11 is 4.11. The van der Waals surface area contributed by atoms with Crippen molar-refractivity contribution < 1.29 is 5.11 Å². The predicted octanol–water partition coefficient (Wildman–Crippen LogP) is 0.486. The Morgan fingerprint density at radius 1 is 1.27 bits per heavy atom. The van der Waals surface area contributed by atoms with Gasteiger partial charge in [-0.25, -0.2) is 0 Å². The van der Waals surface area contributed by atoms with Gasteiger partial charge in [0.05, 0.1) is 5.69 Å². The largest absolute Gasteiger partial charge is 0.396 e. The van der Waals surface area contributed by atoms with Gasteiger partial charge in [-0.05, 0) is 34.5 Å². The number of aromatic nitrogens is 4. The third kappa shape index (κ3) is 2.16. The van der Waals surface area contributed by atoms with Crippen molar-refractivity contribution in [3.63, 3.8) is 0 Å². The zero-order valence-electron chi connectivity index (χ0n) is 7.91. The van der Waals surface area contributed by atoms with Crippen molar-refractivity contribution in [2.45, 2.75) is 11.6 Å². The van der Waals surface area contributed by atoms with Crippen LogP contribution in [0.2, 0.25) is 0 Å². The summed E-state index contributed by atoms with van der Waals surface area (Å²) < 4.78 is 1.53. The summed E-state index contributed by atoms with van der Waals surface area (Å²) in [4.78, 5) is 0. The molecule has 0 aliphatic carbocycles. The molecule has 0 spiro atoms. The first-order valence-electron chi connectivity index (χ1n) is 4.49. The molecule has 0 fully saturated rings. The van der Waals surface area contributed by atoms with E-state index in [-0.39, 0.29) is 6.61 Å². The maximum atomic E-state index is 8.77. The summed E-state index contributed by atoms with van der Waals surface area (Å²) in [5.41, 5.74) is 1.93. The van der Waals surface area contributed by atoms with Gasteiger partial charge in [0.1, 0.15) is 0 Å². The number of thiol groups is 1. The van der Waals surface area contributed by atoms with Crippen LogP contribution in [0.4, 0.5) is 0 Å². The SMILES string of the molecule is OCCc1ccc(-n2nnnc2S)cc1. The lowest BCUT2D eigenvalue weighted by molar-refractivity contribution is 0.299. The van der Waals surface area contributed by atoms with E-state index in [1.54, 1.807) is 0 Å². The maximum Gasteiger partial charge on any atom is 0.211 e. The molecule has 15 heavy (non-hydrogen) atoms. The van der Waals surface area contributed by atoms with Crippen LogP contribution in [0.15, 0.2) is 29.4 Å². The summed E-state index contributed by atoms with van der Waals surface area (Å²) in [6.07, 6.45) is 0.656. The second-order valence-electron chi connectivity index (χ2n) is 3.03. The highest BCUT2D eigenvalue weighted by molar-refractivity contribution is 7.80. The molecule has 2 rings (SSSR count). The molecule has 0 aliphatic heterocycles. The molecule has 1 aromatic carbocycles. The summed E-state index contributed by atoms with van der Waals surface area (Å²) in [6, 6.07) is 7.64. The normalized spacial score (nSPS) is 10.5. The van der Waals surface area contributed by atoms with E-state index < -0.39 is 0 Å². The smallest absolute Gasteiger partial charge is 0.211 e. The van der Waals surface area contributed by atoms with Crippen LogP contribution in [-0.4, -0.2) is 31.9 Å². The van der Waals surface area contributed by atoms with Crippen LogP contribution in [0.25, 0.3) is 5.69 Å². The molecule has 0 unspecified atom stereocenters. The standard InChI is InChI=1S/C9H10N4OS/c14-6-5-7-1-3-8(4-2-7)13-9(15)10-11-12-13/h1-4,14H,5-6H2,(H,10,12,15). The van der Waals surface area contributed by atoms with Gasteiger partial charge in [-0.15, -0.1) is 17.7 Å². The van der Waals surface area contributed by atoms with E-state index in [4.69, 9.17) is 5.11 Å². The average Bonchev–Trinajstić information content (AvgIpc) is 2.66. The van der Waals surface area contributed by atoms with Crippen LogP contribution in [0.5, 0.6) is 0 Å². The molecule has 78 valence electrons. The number of aliphatic hydroxyl groups is 1. The van der Waals surface area contributed by atoms with Gasteiger partial charge in [0.15, 0.2) is 0 Å². The zero-order chi connectivity index (χ0) is 10.7. The number of rotatable bonds is 3. The number of nitrogens with zero attached hydrogens (tertiary/aromatic N) is 4. The van der Waals surface area contributed by atoms with E-state index in [1.807, 2.05) is 24.3 Å². The van der Waals surface area contributed by atoms with Gasteiger partial charge in [0.2, 0.25) is 5.16 Å². The third-order valence-corrected chi connectivity index (χ3v) is 2.31. The number of hydrogen-bond acceptors (Lipinski definition) is 5. The quantitative estimate of drug-likeness (QED) is 0.742. The maximum absolute atomic E-state index is 8.77. The molecule has 2 aromatic rings. The average molecular weight is 222 g/mol. The fourth-order valence-electron chi connectivity index (χ4n) is 1.28. The first-order chi connectivity index (χ1) is 7.31. The van der Waals surface area contributed by atoms with Gasteiger partial charge >= 0.3 is 0 Å². The third-order valence-electron chi connectivity index (χ3n) is 2.03. The van der Waals surface area contributed by atoms with E-state index in [1.165, 1.54) is 4.68 Å². The first-order valence-corrected chi connectivity index (χ1v) is 4.93. The van der Waals surface area contributed by atoms with Gasteiger partial charge in [0, 0.05) is 6.61 Å². The van der Waals surface area contributed by atoms with Gasteiger partial charge in [-0.1, -0.05) is 12.1 Å². The Kier molecular flexibility index (Phi) is 2.98. The molecule has 0 saturated heterocycles. The minimum Gasteiger partial charge on any atom is -0.396 e. The van der Waals surface area contributed by atoms with Crippen LogP contribution in [0, 0.1) is 0 Å². The molecule has 0 aliphatic rings. The molecule has 0 amide bonds. The molecule has 0 radical (unpaired) electrons. The van der Waals surface area contributed by atoms with E-state index >= 15 is 0 Å². The van der Waals surface area contributed by atoms with Crippen LogP contribution in [0.1, 0.15) is 5.56 Å². The number of benzene rings is 1. The Labute approximate surface area is 92.2 Å². The lowest BCUT2D eigenvalue weighted by Gasteiger charge is -2.02. The van der Waals surface area contributed by atoms with Crippen molar-refractivity contribution in [3.8, 4) is 5.69 Å². The minimum absolute atomic E-state index is 0.155. The first kappa shape index (κ1) is 10.1. The van der Waals surface area contributed by atoms with Crippen molar-refractivity contribution in [2.24, 2.45) is 0 Å². The van der Waals surface area contributed by atoms with Crippen molar-refractivity contribution in [3.05, 3.63) is 29.8 Å². The Morgan fingerprint density at radius 2 is 2.00 bits per heavy atom. The van der Waals surface area contributed by atoms with Gasteiger partial charge in [0.25, 0.3) is 0 Å². The van der Waals surface area contributed by atoms with Crippen molar-refractivity contribution in [2.75, 3.05) is 6.61 Å². The Bertz CT molecular complexity index is 440. The molecule has 1 N–H and O–H groups in total. The van der Waals surface area contributed by atoms with E-state index in [0.717, 1.165) is 11.3 Å². The Hall–Kier alpha value is -1.40. The molecular weight excluding hydrogens is 212 g/mol. The minimum atomic E-state index is 0.155. The second kappa shape index (κ2) is 4.41. The monoisotopic (exact) mass is 222 g/mol. The van der Waals surface area contributed by atoms with Crippen LogP contribution in [0.3, 0.4) is 0 Å². The highest BCUT2D eigenvalue weighted by atomic mass is 32.1. The lowest BCUT2D eigenvalue weighted by Crippen LogP contribution is -1.98. The fourth-order valence-corrected chi connectivity index (χ4v) is 1.48. The highest BCUT2D eigenvalue weighted by Crippen LogP contribution is 2.11.